The van der Waals surface area contributed by atoms with E-state index in [1.807, 2.05) is 30.5 Å². The van der Waals surface area contributed by atoms with Gasteiger partial charge in [0.1, 0.15) is 5.82 Å². The molecule has 1 N–H and O–H groups in total. The Morgan fingerprint density at radius 3 is 3.16 bits per heavy atom. The van der Waals surface area contributed by atoms with Crippen molar-refractivity contribution in [2.45, 2.75) is 6.04 Å². The number of imidazole rings is 1. The van der Waals surface area contributed by atoms with Crippen molar-refractivity contribution in [3.63, 3.8) is 0 Å². The molecule has 1 saturated heterocycles. The normalized spacial score (nSPS) is 20.6. The second-order valence-corrected chi connectivity index (χ2v) is 5.20. The van der Waals surface area contributed by atoms with Gasteiger partial charge in [-0.25, -0.2) is 4.98 Å². The maximum absolute atomic E-state index is 6.01. The van der Waals surface area contributed by atoms with Crippen molar-refractivity contribution in [3.05, 3.63) is 41.3 Å². The SMILES string of the molecule is CN1CCOC[C@H]1c1ncc(-c2cccc(Cl)c2)[nH]1. The number of nitrogens with one attached hydrogen (secondary N) is 1. The van der Waals surface area contributed by atoms with E-state index in [1.165, 1.54) is 0 Å². The first-order valence-electron chi connectivity index (χ1n) is 6.33. The number of halogens is 1. The van der Waals surface area contributed by atoms with Crippen LogP contribution in [0.4, 0.5) is 0 Å². The molecule has 2 heterocycles. The molecule has 0 saturated carbocycles. The summed E-state index contributed by atoms with van der Waals surface area (Å²) < 4.78 is 5.52. The van der Waals surface area contributed by atoms with Crippen molar-refractivity contribution in [2.24, 2.45) is 0 Å². The zero-order chi connectivity index (χ0) is 13.2. The Bertz CT molecular complexity index is 569. The lowest BCUT2D eigenvalue weighted by molar-refractivity contribution is 0.00215. The molecule has 0 spiro atoms. The second-order valence-electron chi connectivity index (χ2n) is 4.76. The molecule has 0 amide bonds. The minimum absolute atomic E-state index is 0.196. The van der Waals surface area contributed by atoms with Gasteiger partial charge in [0.25, 0.3) is 0 Å². The van der Waals surface area contributed by atoms with E-state index in [9.17, 15) is 0 Å². The lowest BCUT2D eigenvalue weighted by atomic mass is 10.2. The molecule has 100 valence electrons. The summed E-state index contributed by atoms with van der Waals surface area (Å²) in [6.45, 7) is 2.39. The Hall–Kier alpha value is -1.36. The highest BCUT2D eigenvalue weighted by Crippen LogP contribution is 2.25. The van der Waals surface area contributed by atoms with E-state index in [0.29, 0.717) is 6.61 Å². The number of aromatic amines is 1. The molecule has 5 heteroatoms. The van der Waals surface area contributed by atoms with Gasteiger partial charge in [-0.2, -0.15) is 0 Å². The number of morpholine rings is 1. The Morgan fingerprint density at radius 2 is 2.37 bits per heavy atom. The van der Waals surface area contributed by atoms with Crippen LogP contribution in [-0.2, 0) is 4.74 Å². The third-order valence-corrected chi connectivity index (χ3v) is 3.68. The van der Waals surface area contributed by atoms with Crippen molar-refractivity contribution < 1.29 is 4.74 Å². The fourth-order valence-electron chi connectivity index (χ4n) is 2.28. The van der Waals surface area contributed by atoms with Crippen LogP contribution in [-0.4, -0.2) is 41.7 Å². The lowest BCUT2D eigenvalue weighted by Crippen LogP contribution is -2.37. The van der Waals surface area contributed by atoms with Crippen LogP contribution in [0.1, 0.15) is 11.9 Å². The van der Waals surface area contributed by atoms with Crippen molar-refractivity contribution in [2.75, 3.05) is 26.8 Å². The molecule has 1 fully saturated rings. The van der Waals surface area contributed by atoms with Crippen LogP contribution in [0.25, 0.3) is 11.3 Å². The average molecular weight is 278 g/mol. The summed E-state index contributed by atoms with van der Waals surface area (Å²) in [5, 5.41) is 0.728. The average Bonchev–Trinajstić information content (AvgIpc) is 2.89. The largest absolute Gasteiger partial charge is 0.378 e. The number of aromatic nitrogens is 2. The molecule has 1 aromatic carbocycles. The number of nitrogens with zero attached hydrogens (tertiary/aromatic N) is 2. The van der Waals surface area contributed by atoms with E-state index >= 15 is 0 Å². The second kappa shape index (κ2) is 5.33. The number of hydrogen-bond acceptors (Lipinski definition) is 3. The van der Waals surface area contributed by atoms with Crippen LogP contribution in [0.3, 0.4) is 0 Å². The van der Waals surface area contributed by atoms with Gasteiger partial charge < -0.3 is 9.72 Å². The Morgan fingerprint density at radius 1 is 1.47 bits per heavy atom. The van der Waals surface area contributed by atoms with Crippen molar-refractivity contribution in [1.82, 2.24) is 14.9 Å². The molecular weight excluding hydrogens is 262 g/mol. The monoisotopic (exact) mass is 277 g/mol. The van der Waals surface area contributed by atoms with Gasteiger partial charge in [0, 0.05) is 17.1 Å². The molecular formula is C14H16ClN3O. The van der Waals surface area contributed by atoms with E-state index in [1.54, 1.807) is 0 Å². The number of H-pyrrole nitrogens is 1. The van der Waals surface area contributed by atoms with E-state index in [-0.39, 0.29) is 6.04 Å². The van der Waals surface area contributed by atoms with Crippen molar-refractivity contribution in [1.29, 1.82) is 0 Å². The maximum Gasteiger partial charge on any atom is 0.126 e. The molecule has 0 aliphatic carbocycles. The lowest BCUT2D eigenvalue weighted by Gasteiger charge is -2.30. The third kappa shape index (κ3) is 2.66. The van der Waals surface area contributed by atoms with Gasteiger partial charge in [-0.1, -0.05) is 23.7 Å². The highest BCUT2D eigenvalue weighted by Gasteiger charge is 2.23. The predicted molar refractivity (Wildman–Crippen MR) is 75.2 cm³/mol. The molecule has 0 unspecified atom stereocenters. The minimum atomic E-state index is 0.196. The van der Waals surface area contributed by atoms with E-state index in [2.05, 4.69) is 21.9 Å². The number of benzene rings is 1. The minimum Gasteiger partial charge on any atom is -0.378 e. The van der Waals surface area contributed by atoms with Crippen molar-refractivity contribution >= 4 is 11.6 Å². The van der Waals surface area contributed by atoms with Crippen LogP contribution >= 0.6 is 11.6 Å². The quantitative estimate of drug-likeness (QED) is 0.918. The molecule has 19 heavy (non-hydrogen) atoms. The van der Waals surface area contributed by atoms with Crippen LogP contribution in [0.15, 0.2) is 30.5 Å². The third-order valence-electron chi connectivity index (χ3n) is 3.44. The summed E-state index contributed by atoms with van der Waals surface area (Å²) in [7, 11) is 2.09. The summed E-state index contributed by atoms with van der Waals surface area (Å²) in [6.07, 6.45) is 1.85. The van der Waals surface area contributed by atoms with Crippen LogP contribution in [0.2, 0.25) is 5.02 Å². The standard InChI is InChI=1S/C14H16ClN3O/c1-18-5-6-19-9-13(18)14-16-8-12(17-14)10-3-2-4-11(15)7-10/h2-4,7-8,13H,5-6,9H2,1H3,(H,16,17)/t13-/m0/s1. The van der Waals surface area contributed by atoms with Gasteiger partial charge in [-0.05, 0) is 19.2 Å². The highest BCUT2D eigenvalue weighted by atomic mass is 35.5. The van der Waals surface area contributed by atoms with Gasteiger partial charge in [0.2, 0.25) is 0 Å². The number of likely N-dealkylation sites (N-methyl/N-ethyl adjacent to an activating group) is 1. The molecule has 0 bridgehead atoms. The van der Waals surface area contributed by atoms with Gasteiger partial charge >= 0.3 is 0 Å². The van der Waals surface area contributed by atoms with E-state index in [4.69, 9.17) is 16.3 Å². The number of ether oxygens (including phenoxy) is 1. The smallest absolute Gasteiger partial charge is 0.126 e. The van der Waals surface area contributed by atoms with E-state index in [0.717, 1.165) is 35.3 Å². The molecule has 1 aliphatic heterocycles. The van der Waals surface area contributed by atoms with E-state index < -0.39 is 0 Å². The van der Waals surface area contributed by atoms with Gasteiger partial charge in [0.15, 0.2) is 0 Å². The number of rotatable bonds is 2. The first-order chi connectivity index (χ1) is 9.24. The topological polar surface area (TPSA) is 41.1 Å². The zero-order valence-corrected chi connectivity index (χ0v) is 11.5. The van der Waals surface area contributed by atoms with Crippen LogP contribution in [0.5, 0.6) is 0 Å². The molecule has 1 atom stereocenters. The first kappa shape index (κ1) is 12.7. The fraction of sp³-hybridized carbons (Fsp3) is 0.357. The van der Waals surface area contributed by atoms with Crippen LogP contribution in [0, 0.1) is 0 Å². The summed E-state index contributed by atoms with van der Waals surface area (Å²) in [4.78, 5) is 10.1. The molecule has 2 aromatic rings. The molecule has 0 radical (unpaired) electrons. The highest BCUT2D eigenvalue weighted by molar-refractivity contribution is 6.30. The summed E-state index contributed by atoms with van der Waals surface area (Å²) in [5.41, 5.74) is 2.03. The molecule has 1 aliphatic rings. The molecule has 1 aromatic heterocycles. The zero-order valence-electron chi connectivity index (χ0n) is 10.8. The molecule has 3 rings (SSSR count). The first-order valence-corrected chi connectivity index (χ1v) is 6.70. The Labute approximate surface area is 117 Å². The van der Waals surface area contributed by atoms with Crippen molar-refractivity contribution in [3.8, 4) is 11.3 Å². The predicted octanol–water partition coefficient (Wildman–Crippen LogP) is 2.73. The Balaban J connectivity index is 1.86. The summed E-state index contributed by atoms with van der Waals surface area (Å²) in [6, 6.07) is 7.95. The maximum atomic E-state index is 6.01. The number of hydrogen-bond donors (Lipinski definition) is 1. The fourth-order valence-corrected chi connectivity index (χ4v) is 2.47. The summed E-state index contributed by atoms with van der Waals surface area (Å²) in [5.74, 6) is 0.942. The summed E-state index contributed by atoms with van der Waals surface area (Å²) >= 11 is 6.01. The van der Waals surface area contributed by atoms with Gasteiger partial charge in [-0.3, -0.25) is 4.90 Å². The van der Waals surface area contributed by atoms with Gasteiger partial charge in [0.05, 0.1) is 31.1 Å². The van der Waals surface area contributed by atoms with Gasteiger partial charge in [-0.15, -0.1) is 0 Å². The Kier molecular flexibility index (Phi) is 3.55. The van der Waals surface area contributed by atoms with Crippen LogP contribution < -0.4 is 0 Å². The molecule has 4 nitrogen and oxygen atoms in total.